The van der Waals surface area contributed by atoms with Gasteiger partial charge in [0.05, 0.1) is 15.1 Å². The van der Waals surface area contributed by atoms with E-state index in [-0.39, 0.29) is 10.6 Å². The number of aromatic nitrogens is 1. The van der Waals surface area contributed by atoms with Crippen LogP contribution in [0.5, 0.6) is 0 Å². The number of hydrogen-bond acceptors (Lipinski definition) is 6. The van der Waals surface area contributed by atoms with Crippen LogP contribution in [0, 0.1) is 10.1 Å². The van der Waals surface area contributed by atoms with Crippen molar-refractivity contribution in [2.45, 2.75) is 12.5 Å². The third-order valence-electron chi connectivity index (χ3n) is 4.12. The van der Waals surface area contributed by atoms with Crippen LogP contribution in [0.2, 0.25) is 0 Å². The van der Waals surface area contributed by atoms with Crippen molar-refractivity contribution in [3.05, 3.63) is 64.2 Å². The molecule has 0 fully saturated rings. The van der Waals surface area contributed by atoms with Crippen molar-refractivity contribution in [1.82, 2.24) is 9.88 Å². The molecule has 3 rings (SSSR count). The lowest BCUT2D eigenvalue weighted by Gasteiger charge is -2.24. The Labute approximate surface area is 150 Å². The summed E-state index contributed by atoms with van der Waals surface area (Å²) in [6.45, 7) is 0.754. The molecule has 1 atom stereocenters. The molecule has 0 spiro atoms. The number of benzene rings is 2. The number of likely N-dealkylation sites (N-methyl/N-ethyl adjacent to an activating group) is 1. The quantitative estimate of drug-likeness (QED) is 0.515. The highest BCUT2D eigenvalue weighted by Crippen LogP contribution is 2.29. The zero-order chi connectivity index (χ0) is 17.8. The average molecular weight is 356 g/mol. The zero-order valence-corrected chi connectivity index (χ0v) is 15.0. The Bertz CT molecular complexity index is 864. The second kappa shape index (κ2) is 7.58. The molecule has 0 aliphatic rings. The predicted molar refractivity (Wildman–Crippen MR) is 102 cm³/mol. The smallest absolute Gasteiger partial charge is 0.270 e. The summed E-state index contributed by atoms with van der Waals surface area (Å²) in [6.07, 6.45) is 0.942. The fraction of sp³-hybridized carbons (Fsp3) is 0.278. The normalized spacial score (nSPS) is 12.4. The van der Waals surface area contributed by atoms with E-state index in [9.17, 15) is 10.1 Å². The number of fused-ring (bicyclic) bond motifs is 1. The molecule has 1 aromatic heterocycles. The van der Waals surface area contributed by atoms with Crippen molar-refractivity contribution in [2.24, 2.45) is 0 Å². The van der Waals surface area contributed by atoms with E-state index in [4.69, 9.17) is 0 Å². The standard InChI is InChI=1S/C18H20N4O2S/c1-21(2)15(10-13-6-4-3-5-7-13)12-19-18-20-16-9-8-14(22(23)24)11-17(16)25-18/h3-9,11,15H,10,12H2,1-2H3,(H,19,20). The Morgan fingerprint density at radius 1 is 1.24 bits per heavy atom. The van der Waals surface area contributed by atoms with Crippen LogP contribution in [0.25, 0.3) is 10.2 Å². The van der Waals surface area contributed by atoms with Crippen LogP contribution in [0.3, 0.4) is 0 Å². The highest BCUT2D eigenvalue weighted by molar-refractivity contribution is 7.22. The highest BCUT2D eigenvalue weighted by atomic mass is 32.1. The van der Waals surface area contributed by atoms with Gasteiger partial charge in [-0.2, -0.15) is 0 Å². The number of thiazole rings is 1. The molecule has 0 amide bonds. The van der Waals surface area contributed by atoms with E-state index in [1.54, 1.807) is 12.1 Å². The zero-order valence-electron chi connectivity index (χ0n) is 14.2. The molecule has 25 heavy (non-hydrogen) atoms. The summed E-state index contributed by atoms with van der Waals surface area (Å²) >= 11 is 1.44. The van der Waals surface area contributed by atoms with Crippen LogP contribution < -0.4 is 5.32 Å². The molecule has 130 valence electrons. The van der Waals surface area contributed by atoms with E-state index >= 15 is 0 Å². The summed E-state index contributed by atoms with van der Waals surface area (Å²) in [6, 6.07) is 15.5. The second-order valence-electron chi connectivity index (χ2n) is 6.12. The van der Waals surface area contributed by atoms with Gasteiger partial charge in [-0.1, -0.05) is 41.7 Å². The van der Waals surface area contributed by atoms with Crippen LogP contribution in [-0.2, 0) is 6.42 Å². The number of hydrogen-bond donors (Lipinski definition) is 1. The Morgan fingerprint density at radius 3 is 2.68 bits per heavy atom. The first-order valence-corrected chi connectivity index (χ1v) is 8.84. The average Bonchev–Trinajstić information content (AvgIpc) is 3.01. The maximum atomic E-state index is 10.9. The first-order valence-electron chi connectivity index (χ1n) is 8.02. The summed E-state index contributed by atoms with van der Waals surface area (Å²) in [5, 5.41) is 15.1. The largest absolute Gasteiger partial charge is 0.360 e. The van der Waals surface area contributed by atoms with Gasteiger partial charge in [0.1, 0.15) is 0 Å². The fourth-order valence-electron chi connectivity index (χ4n) is 2.63. The van der Waals surface area contributed by atoms with Gasteiger partial charge in [-0.3, -0.25) is 10.1 Å². The molecule has 1 heterocycles. The van der Waals surface area contributed by atoms with Gasteiger partial charge in [0, 0.05) is 24.7 Å². The maximum Gasteiger partial charge on any atom is 0.270 e. The number of nitro groups is 1. The van der Waals surface area contributed by atoms with Crippen molar-refractivity contribution >= 4 is 32.4 Å². The van der Waals surface area contributed by atoms with Gasteiger partial charge >= 0.3 is 0 Å². The van der Waals surface area contributed by atoms with E-state index < -0.39 is 0 Å². The van der Waals surface area contributed by atoms with Gasteiger partial charge in [-0.05, 0) is 32.1 Å². The SMILES string of the molecule is CN(C)C(CNc1nc2ccc([N+](=O)[O-])cc2s1)Cc1ccccc1. The van der Waals surface area contributed by atoms with E-state index in [0.29, 0.717) is 6.04 Å². The second-order valence-corrected chi connectivity index (χ2v) is 7.15. The molecule has 0 saturated carbocycles. The minimum Gasteiger partial charge on any atom is -0.360 e. The molecule has 1 N–H and O–H groups in total. The van der Waals surface area contributed by atoms with E-state index in [2.05, 4.69) is 53.6 Å². The highest BCUT2D eigenvalue weighted by Gasteiger charge is 2.14. The number of rotatable bonds is 7. The van der Waals surface area contributed by atoms with Crippen molar-refractivity contribution in [2.75, 3.05) is 26.0 Å². The topological polar surface area (TPSA) is 71.3 Å². The molecular formula is C18H20N4O2S. The van der Waals surface area contributed by atoms with Gasteiger partial charge in [0.15, 0.2) is 5.13 Å². The maximum absolute atomic E-state index is 10.9. The van der Waals surface area contributed by atoms with Crippen LogP contribution >= 0.6 is 11.3 Å². The molecule has 7 heteroatoms. The Kier molecular flexibility index (Phi) is 5.25. The van der Waals surface area contributed by atoms with Crippen LogP contribution in [0.15, 0.2) is 48.5 Å². The Morgan fingerprint density at radius 2 is 2.00 bits per heavy atom. The first kappa shape index (κ1) is 17.3. The third-order valence-corrected chi connectivity index (χ3v) is 5.09. The summed E-state index contributed by atoms with van der Waals surface area (Å²) in [5.41, 5.74) is 2.17. The van der Waals surface area contributed by atoms with Gasteiger partial charge < -0.3 is 10.2 Å². The minimum absolute atomic E-state index is 0.0953. The number of nitrogens with one attached hydrogen (secondary N) is 1. The first-order chi connectivity index (χ1) is 12.0. The molecule has 0 radical (unpaired) electrons. The Balaban J connectivity index is 1.70. The van der Waals surface area contributed by atoms with Crippen LogP contribution in [0.4, 0.5) is 10.8 Å². The molecule has 0 bridgehead atoms. The number of nitrogens with zero attached hydrogens (tertiary/aromatic N) is 3. The van der Waals surface area contributed by atoms with Crippen molar-refractivity contribution in [1.29, 1.82) is 0 Å². The van der Waals surface area contributed by atoms with Crippen LogP contribution in [0.1, 0.15) is 5.56 Å². The predicted octanol–water partition coefficient (Wildman–Crippen LogP) is 3.79. The van der Waals surface area contributed by atoms with Crippen LogP contribution in [-0.4, -0.2) is 41.5 Å². The lowest BCUT2D eigenvalue weighted by molar-refractivity contribution is -0.384. The number of nitro benzene ring substituents is 1. The summed E-state index contributed by atoms with van der Waals surface area (Å²) in [7, 11) is 4.13. The lowest BCUT2D eigenvalue weighted by Crippen LogP contribution is -2.36. The molecular weight excluding hydrogens is 336 g/mol. The Hall–Kier alpha value is -2.51. The summed E-state index contributed by atoms with van der Waals surface area (Å²) in [4.78, 5) is 17.2. The number of non-ortho nitro benzene ring substituents is 1. The van der Waals surface area contributed by atoms with Crippen molar-refractivity contribution < 1.29 is 4.92 Å². The lowest BCUT2D eigenvalue weighted by atomic mass is 10.1. The van der Waals surface area contributed by atoms with E-state index in [1.165, 1.54) is 23.0 Å². The van der Waals surface area contributed by atoms with E-state index in [1.807, 2.05) is 6.07 Å². The molecule has 3 aromatic rings. The monoisotopic (exact) mass is 356 g/mol. The van der Waals surface area contributed by atoms with Crippen molar-refractivity contribution in [3.8, 4) is 0 Å². The molecule has 2 aromatic carbocycles. The number of anilines is 1. The van der Waals surface area contributed by atoms with Crippen molar-refractivity contribution in [3.63, 3.8) is 0 Å². The summed E-state index contributed by atoms with van der Waals surface area (Å²) in [5.74, 6) is 0. The molecule has 0 aliphatic carbocycles. The molecule has 0 saturated heterocycles. The molecule has 1 unspecified atom stereocenters. The van der Waals surface area contributed by atoms with E-state index in [0.717, 1.165) is 28.3 Å². The van der Waals surface area contributed by atoms with Gasteiger partial charge in [-0.15, -0.1) is 0 Å². The molecule has 0 aliphatic heterocycles. The minimum atomic E-state index is -0.381. The molecule has 6 nitrogen and oxygen atoms in total. The third kappa shape index (κ3) is 4.32. The summed E-state index contributed by atoms with van der Waals surface area (Å²) < 4.78 is 0.821. The van der Waals surface area contributed by atoms with Gasteiger partial charge in [0.2, 0.25) is 0 Å². The van der Waals surface area contributed by atoms with Gasteiger partial charge in [-0.25, -0.2) is 4.98 Å². The fourth-order valence-corrected chi connectivity index (χ4v) is 3.54. The van der Waals surface area contributed by atoms with Gasteiger partial charge in [0.25, 0.3) is 5.69 Å².